The lowest BCUT2D eigenvalue weighted by atomic mass is 10.00. The van der Waals surface area contributed by atoms with E-state index in [1.807, 2.05) is 54.6 Å². The molecule has 23 heavy (non-hydrogen) atoms. The van der Waals surface area contributed by atoms with Gasteiger partial charge in [0, 0.05) is 5.70 Å². The highest BCUT2D eigenvalue weighted by molar-refractivity contribution is 5.65. The van der Waals surface area contributed by atoms with Crippen LogP contribution in [0.15, 0.2) is 91.0 Å². The summed E-state index contributed by atoms with van der Waals surface area (Å²) in [5.74, 6) is 0. The van der Waals surface area contributed by atoms with Gasteiger partial charge >= 0.3 is 0 Å². The van der Waals surface area contributed by atoms with Crippen molar-refractivity contribution in [2.75, 3.05) is 0 Å². The molecule has 1 atom stereocenters. The Bertz CT molecular complexity index is 775. The van der Waals surface area contributed by atoms with E-state index in [0.29, 0.717) is 5.70 Å². The van der Waals surface area contributed by atoms with Crippen LogP contribution in [0.4, 0.5) is 0 Å². The lowest BCUT2D eigenvalue weighted by Crippen LogP contribution is -2.10. The van der Waals surface area contributed by atoms with Crippen molar-refractivity contribution in [3.05, 3.63) is 102 Å². The van der Waals surface area contributed by atoms with Crippen molar-refractivity contribution in [3.8, 4) is 11.1 Å². The number of nitrogens with two attached hydrogens (primary N) is 2. The second-order valence-electron chi connectivity index (χ2n) is 5.50. The van der Waals surface area contributed by atoms with E-state index in [9.17, 15) is 0 Å². The largest absolute Gasteiger partial charge is 0.398 e. The Morgan fingerprint density at radius 3 is 1.83 bits per heavy atom. The first-order valence-corrected chi connectivity index (χ1v) is 7.68. The predicted octanol–water partition coefficient (Wildman–Crippen LogP) is 4.35. The van der Waals surface area contributed by atoms with Crippen molar-refractivity contribution in [2.45, 2.75) is 6.04 Å². The van der Waals surface area contributed by atoms with Crippen molar-refractivity contribution in [3.63, 3.8) is 0 Å². The summed E-state index contributed by atoms with van der Waals surface area (Å²) in [6, 6.07) is 28.3. The lowest BCUT2D eigenvalue weighted by Gasteiger charge is -2.11. The molecule has 0 bridgehead atoms. The van der Waals surface area contributed by atoms with Crippen molar-refractivity contribution in [1.82, 2.24) is 0 Å². The molecule has 2 nitrogen and oxygen atoms in total. The van der Waals surface area contributed by atoms with E-state index in [2.05, 4.69) is 36.4 Å². The third-order valence-corrected chi connectivity index (χ3v) is 3.87. The highest BCUT2D eigenvalue weighted by Crippen LogP contribution is 2.22. The molecule has 0 heterocycles. The predicted molar refractivity (Wildman–Crippen MR) is 97.4 cm³/mol. The van der Waals surface area contributed by atoms with Crippen LogP contribution in [-0.4, -0.2) is 0 Å². The van der Waals surface area contributed by atoms with Crippen molar-refractivity contribution in [1.29, 1.82) is 0 Å². The van der Waals surface area contributed by atoms with Gasteiger partial charge in [-0.15, -0.1) is 0 Å². The van der Waals surface area contributed by atoms with E-state index in [4.69, 9.17) is 11.5 Å². The number of benzene rings is 3. The lowest BCUT2D eigenvalue weighted by molar-refractivity contribution is 0.911. The standard InChI is InChI=1S/C21H20N2/c22-20(18-9-5-2-6-10-18)15-21(23)19-13-11-17(12-14-19)16-7-3-1-4-8-16/h1-15,21H,22-23H2/b20-15-. The van der Waals surface area contributed by atoms with Gasteiger partial charge in [-0.1, -0.05) is 84.9 Å². The molecule has 3 rings (SSSR count). The third-order valence-electron chi connectivity index (χ3n) is 3.87. The molecule has 114 valence electrons. The van der Waals surface area contributed by atoms with Gasteiger partial charge < -0.3 is 11.5 Å². The van der Waals surface area contributed by atoms with Crippen LogP contribution >= 0.6 is 0 Å². The summed E-state index contributed by atoms with van der Waals surface area (Å²) in [5.41, 5.74) is 17.5. The zero-order valence-corrected chi connectivity index (χ0v) is 12.9. The summed E-state index contributed by atoms with van der Waals surface area (Å²) in [6.07, 6.45) is 1.90. The molecule has 0 radical (unpaired) electrons. The number of rotatable bonds is 4. The first kappa shape index (κ1) is 15.1. The zero-order valence-electron chi connectivity index (χ0n) is 12.9. The van der Waals surface area contributed by atoms with Gasteiger partial charge in [0.15, 0.2) is 0 Å². The highest BCUT2D eigenvalue weighted by atomic mass is 14.6. The Kier molecular flexibility index (Phi) is 4.55. The average Bonchev–Trinajstić information content (AvgIpc) is 2.63. The van der Waals surface area contributed by atoms with Crippen LogP contribution in [0.2, 0.25) is 0 Å². The van der Waals surface area contributed by atoms with Gasteiger partial charge in [-0.3, -0.25) is 0 Å². The summed E-state index contributed by atoms with van der Waals surface area (Å²) >= 11 is 0. The molecule has 0 amide bonds. The monoisotopic (exact) mass is 300 g/mol. The summed E-state index contributed by atoms with van der Waals surface area (Å²) < 4.78 is 0. The maximum Gasteiger partial charge on any atom is 0.0504 e. The minimum absolute atomic E-state index is 0.222. The van der Waals surface area contributed by atoms with Gasteiger partial charge in [0.2, 0.25) is 0 Å². The fraction of sp³-hybridized carbons (Fsp3) is 0.0476. The molecule has 2 heteroatoms. The van der Waals surface area contributed by atoms with Crippen LogP contribution < -0.4 is 11.5 Å². The van der Waals surface area contributed by atoms with Crippen LogP contribution in [0.3, 0.4) is 0 Å². The Hall–Kier alpha value is -2.84. The Labute approximate surface area is 137 Å². The molecule has 0 aliphatic carbocycles. The molecule has 0 saturated carbocycles. The number of hydrogen-bond donors (Lipinski definition) is 2. The molecule has 1 unspecified atom stereocenters. The molecule has 0 saturated heterocycles. The number of hydrogen-bond acceptors (Lipinski definition) is 2. The molecule has 0 spiro atoms. The Morgan fingerprint density at radius 2 is 1.22 bits per heavy atom. The van der Waals surface area contributed by atoms with Crippen LogP contribution in [-0.2, 0) is 0 Å². The molecule has 0 aliphatic heterocycles. The summed E-state index contributed by atoms with van der Waals surface area (Å²) in [4.78, 5) is 0. The first-order valence-electron chi connectivity index (χ1n) is 7.68. The van der Waals surface area contributed by atoms with E-state index in [1.54, 1.807) is 0 Å². The maximum absolute atomic E-state index is 6.27. The fourth-order valence-corrected chi connectivity index (χ4v) is 2.54. The van der Waals surface area contributed by atoms with Crippen LogP contribution in [0.5, 0.6) is 0 Å². The van der Waals surface area contributed by atoms with Gasteiger partial charge in [0.1, 0.15) is 0 Å². The Balaban J connectivity index is 1.79. The zero-order chi connectivity index (χ0) is 16.1. The molecule has 0 aliphatic rings. The molecule has 4 N–H and O–H groups in total. The van der Waals surface area contributed by atoms with Crippen LogP contribution in [0.25, 0.3) is 16.8 Å². The summed E-state index contributed by atoms with van der Waals surface area (Å²) in [6.45, 7) is 0. The summed E-state index contributed by atoms with van der Waals surface area (Å²) in [5, 5.41) is 0. The molecule has 0 aromatic heterocycles. The van der Waals surface area contributed by atoms with E-state index < -0.39 is 0 Å². The Morgan fingerprint density at radius 1 is 0.696 bits per heavy atom. The fourth-order valence-electron chi connectivity index (χ4n) is 2.54. The van der Waals surface area contributed by atoms with Crippen LogP contribution in [0, 0.1) is 0 Å². The minimum Gasteiger partial charge on any atom is -0.398 e. The molecular weight excluding hydrogens is 280 g/mol. The molecule has 3 aromatic rings. The van der Waals surface area contributed by atoms with E-state index in [1.165, 1.54) is 11.1 Å². The van der Waals surface area contributed by atoms with Gasteiger partial charge in [-0.2, -0.15) is 0 Å². The maximum atomic E-state index is 6.27. The van der Waals surface area contributed by atoms with Gasteiger partial charge in [-0.05, 0) is 28.3 Å². The quantitative estimate of drug-likeness (QED) is 0.752. The van der Waals surface area contributed by atoms with Crippen molar-refractivity contribution >= 4 is 5.70 Å². The molecule has 3 aromatic carbocycles. The molecule has 0 fully saturated rings. The highest BCUT2D eigenvalue weighted by Gasteiger charge is 2.05. The summed E-state index contributed by atoms with van der Waals surface area (Å²) in [7, 11) is 0. The van der Waals surface area contributed by atoms with Gasteiger partial charge in [0.05, 0.1) is 6.04 Å². The minimum atomic E-state index is -0.222. The van der Waals surface area contributed by atoms with Crippen molar-refractivity contribution in [2.24, 2.45) is 11.5 Å². The third kappa shape index (κ3) is 3.68. The smallest absolute Gasteiger partial charge is 0.0504 e. The van der Waals surface area contributed by atoms with E-state index in [-0.39, 0.29) is 6.04 Å². The van der Waals surface area contributed by atoms with Gasteiger partial charge in [0.25, 0.3) is 0 Å². The molecular formula is C21H20N2. The van der Waals surface area contributed by atoms with Gasteiger partial charge in [-0.25, -0.2) is 0 Å². The average molecular weight is 300 g/mol. The second-order valence-corrected chi connectivity index (χ2v) is 5.50. The SMILES string of the molecule is N/C(=C\C(N)c1ccc(-c2ccccc2)cc1)c1ccccc1. The normalized spacial score (nSPS) is 12.8. The first-order chi connectivity index (χ1) is 11.2. The van der Waals surface area contributed by atoms with Crippen molar-refractivity contribution < 1.29 is 0 Å². The second kappa shape index (κ2) is 6.95. The van der Waals surface area contributed by atoms with E-state index >= 15 is 0 Å². The van der Waals surface area contributed by atoms with Crippen LogP contribution in [0.1, 0.15) is 17.2 Å². The topological polar surface area (TPSA) is 52.0 Å². The van der Waals surface area contributed by atoms with E-state index in [0.717, 1.165) is 11.1 Å².